The van der Waals surface area contributed by atoms with Crippen LogP contribution in [0.4, 0.5) is 5.82 Å². The Kier molecular flexibility index (Phi) is 7.81. The lowest BCUT2D eigenvalue weighted by Crippen LogP contribution is -2.32. The number of ether oxygens (including phenoxy) is 1. The molecule has 0 spiro atoms. The summed E-state index contributed by atoms with van der Waals surface area (Å²) in [4.78, 5) is 39.8. The van der Waals surface area contributed by atoms with E-state index in [-0.39, 0.29) is 22.8 Å². The quantitative estimate of drug-likeness (QED) is 0.648. The number of benzene rings is 1. The number of aromatic nitrogens is 1. The van der Waals surface area contributed by atoms with Crippen LogP contribution in [0.1, 0.15) is 42.3 Å². The summed E-state index contributed by atoms with van der Waals surface area (Å²) in [5, 5.41) is 5.47. The molecule has 2 amide bonds. The minimum Gasteiger partial charge on any atom is -0.454 e. The molecule has 0 aliphatic carbocycles. The lowest BCUT2D eigenvalue weighted by Gasteiger charge is -2.19. The van der Waals surface area contributed by atoms with Gasteiger partial charge in [-0.25, -0.2) is 4.98 Å². The molecule has 0 bridgehead atoms. The zero-order chi connectivity index (χ0) is 22.5. The molecule has 2 N–H and O–H groups in total. The fraction of sp³-hybridized carbons (Fsp3) is 0.333. The van der Waals surface area contributed by atoms with E-state index in [1.807, 2.05) is 12.1 Å². The molecule has 0 atom stereocenters. The Bertz CT molecular complexity index is 954. The second-order valence-electron chi connectivity index (χ2n) is 7.61. The first kappa shape index (κ1) is 23.6. The minimum absolute atomic E-state index is 0.0240. The first-order valence-electron chi connectivity index (χ1n) is 9.14. The summed E-state index contributed by atoms with van der Waals surface area (Å²) in [6, 6.07) is 7.13. The van der Waals surface area contributed by atoms with Crippen molar-refractivity contribution >= 4 is 46.8 Å². The molecular weight excluding hydrogens is 429 g/mol. The fourth-order valence-electron chi connectivity index (χ4n) is 2.39. The Morgan fingerprint density at radius 2 is 1.73 bits per heavy atom. The van der Waals surface area contributed by atoms with Crippen molar-refractivity contribution in [2.24, 2.45) is 0 Å². The summed E-state index contributed by atoms with van der Waals surface area (Å²) in [6.45, 7) is 6.99. The second kappa shape index (κ2) is 9.91. The number of nitrogens with zero attached hydrogens (tertiary/aromatic N) is 1. The summed E-state index contributed by atoms with van der Waals surface area (Å²) in [5.41, 5.74) is 2.06. The molecule has 0 fully saturated rings. The van der Waals surface area contributed by atoms with Gasteiger partial charge in [0.2, 0.25) is 0 Å². The highest BCUT2D eigenvalue weighted by Gasteiger charge is 2.16. The van der Waals surface area contributed by atoms with Gasteiger partial charge in [-0.15, -0.1) is 0 Å². The standard InChI is InChI=1S/C21H23Cl2N3O4/c1-12-15(22)9-24-19(18(12)23)26-16(27)11-30-17(28)10-25-20(29)13-5-7-14(8-6-13)21(2,3)4/h5-9H,10-11H2,1-4H3,(H,25,29)(H,24,26,27). The van der Waals surface area contributed by atoms with Gasteiger partial charge in [-0.1, -0.05) is 56.1 Å². The lowest BCUT2D eigenvalue weighted by atomic mass is 9.87. The molecule has 0 saturated carbocycles. The van der Waals surface area contributed by atoms with Crippen LogP contribution in [0.25, 0.3) is 0 Å². The number of halogens is 2. The van der Waals surface area contributed by atoms with E-state index in [1.54, 1.807) is 19.1 Å². The van der Waals surface area contributed by atoms with Crippen LogP contribution in [-0.2, 0) is 19.7 Å². The van der Waals surface area contributed by atoms with Crippen LogP contribution >= 0.6 is 23.2 Å². The molecule has 1 aromatic carbocycles. The van der Waals surface area contributed by atoms with Crippen molar-refractivity contribution in [3.05, 3.63) is 57.2 Å². The van der Waals surface area contributed by atoms with Gasteiger partial charge in [0.05, 0.1) is 10.0 Å². The molecular formula is C21H23Cl2N3O4. The molecule has 2 rings (SSSR count). The van der Waals surface area contributed by atoms with Crippen molar-refractivity contribution in [3.63, 3.8) is 0 Å². The molecule has 9 heteroatoms. The van der Waals surface area contributed by atoms with E-state index in [2.05, 4.69) is 36.4 Å². The predicted octanol–water partition coefficient (Wildman–Crippen LogP) is 3.91. The molecule has 0 aliphatic rings. The van der Waals surface area contributed by atoms with E-state index in [4.69, 9.17) is 27.9 Å². The maximum atomic E-state index is 12.2. The Balaban J connectivity index is 1.80. The van der Waals surface area contributed by atoms with Gasteiger partial charge in [-0.2, -0.15) is 0 Å². The van der Waals surface area contributed by atoms with E-state index in [0.717, 1.165) is 5.56 Å². The molecule has 1 aromatic heterocycles. The second-order valence-corrected chi connectivity index (χ2v) is 8.40. The van der Waals surface area contributed by atoms with Gasteiger partial charge < -0.3 is 15.4 Å². The topological polar surface area (TPSA) is 97.4 Å². The summed E-state index contributed by atoms with van der Waals surface area (Å²) in [5.74, 6) is -1.67. The van der Waals surface area contributed by atoms with Gasteiger partial charge in [-0.05, 0) is 35.6 Å². The van der Waals surface area contributed by atoms with Crippen molar-refractivity contribution in [1.29, 1.82) is 0 Å². The largest absolute Gasteiger partial charge is 0.454 e. The normalized spacial score (nSPS) is 11.0. The van der Waals surface area contributed by atoms with Gasteiger partial charge in [0.1, 0.15) is 6.54 Å². The number of anilines is 1. The zero-order valence-electron chi connectivity index (χ0n) is 17.1. The Labute approximate surface area is 185 Å². The molecule has 0 saturated heterocycles. The molecule has 0 aliphatic heterocycles. The van der Waals surface area contributed by atoms with Gasteiger partial charge in [0.15, 0.2) is 12.4 Å². The summed E-state index contributed by atoms with van der Waals surface area (Å²) < 4.78 is 4.86. The summed E-state index contributed by atoms with van der Waals surface area (Å²) >= 11 is 12.0. The smallest absolute Gasteiger partial charge is 0.325 e. The van der Waals surface area contributed by atoms with Gasteiger partial charge in [0, 0.05) is 11.8 Å². The number of esters is 1. The van der Waals surface area contributed by atoms with E-state index in [1.165, 1.54) is 6.20 Å². The van der Waals surface area contributed by atoms with Crippen LogP contribution in [0.2, 0.25) is 10.0 Å². The van der Waals surface area contributed by atoms with Crippen LogP contribution in [-0.4, -0.2) is 35.9 Å². The summed E-state index contributed by atoms with van der Waals surface area (Å²) in [7, 11) is 0. The van der Waals surface area contributed by atoms with E-state index in [0.29, 0.717) is 16.1 Å². The van der Waals surface area contributed by atoms with Crippen LogP contribution in [0.5, 0.6) is 0 Å². The first-order valence-corrected chi connectivity index (χ1v) is 9.89. The van der Waals surface area contributed by atoms with Crippen molar-refractivity contribution in [1.82, 2.24) is 10.3 Å². The number of hydrogen-bond acceptors (Lipinski definition) is 5. The SMILES string of the molecule is Cc1c(Cl)cnc(NC(=O)COC(=O)CNC(=O)c2ccc(C(C)(C)C)cc2)c1Cl. The molecule has 7 nitrogen and oxygen atoms in total. The van der Waals surface area contributed by atoms with Gasteiger partial charge >= 0.3 is 5.97 Å². The number of hydrogen-bond donors (Lipinski definition) is 2. The first-order chi connectivity index (χ1) is 14.0. The highest BCUT2D eigenvalue weighted by Crippen LogP contribution is 2.28. The molecule has 0 radical (unpaired) electrons. The highest BCUT2D eigenvalue weighted by molar-refractivity contribution is 6.37. The molecule has 1 heterocycles. The van der Waals surface area contributed by atoms with Gasteiger partial charge in [-0.3, -0.25) is 14.4 Å². The number of nitrogens with one attached hydrogen (secondary N) is 2. The molecule has 30 heavy (non-hydrogen) atoms. The molecule has 0 unspecified atom stereocenters. The number of amides is 2. The highest BCUT2D eigenvalue weighted by atomic mass is 35.5. The van der Waals surface area contributed by atoms with Crippen molar-refractivity contribution in [2.45, 2.75) is 33.1 Å². The maximum Gasteiger partial charge on any atom is 0.325 e. The number of carbonyl (C=O) groups is 3. The predicted molar refractivity (Wildman–Crippen MR) is 116 cm³/mol. The fourth-order valence-corrected chi connectivity index (χ4v) is 2.78. The third-order valence-electron chi connectivity index (χ3n) is 4.23. The van der Waals surface area contributed by atoms with Crippen LogP contribution in [0, 0.1) is 6.92 Å². The van der Waals surface area contributed by atoms with Gasteiger partial charge in [0.25, 0.3) is 11.8 Å². The molecule has 2 aromatic rings. The average Bonchev–Trinajstić information content (AvgIpc) is 2.70. The Morgan fingerprint density at radius 1 is 1.10 bits per heavy atom. The van der Waals surface area contributed by atoms with Crippen LogP contribution < -0.4 is 10.6 Å². The zero-order valence-corrected chi connectivity index (χ0v) is 18.6. The van der Waals surface area contributed by atoms with E-state index < -0.39 is 24.4 Å². The maximum absolute atomic E-state index is 12.2. The summed E-state index contributed by atoms with van der Waals surface area (Å²) in [6.07, 6.45) is 1.36. The van der Waals surface area contributed by atoms with E-state index >= 15 is 0 Å². The van der Waals surface area contributed by atoms with Crippen molar-refractivity contribution in [3.8, 4) is 0 Å². The monoisotopic (exact) mass is 451 g/mol. The van der Waals surface area contributed by atoms with E-state index in [9.17, 15) is 14.4 Å². The van der Waals surface area contributed by atoms with Crippen LogP contribution in [0.15, 0.2) is 30.5 Å². The lowest BCUT2D eigenvalue weighted by molar-refractivity contribution is -0.146. The third-order valence-corrected chi connectivity index (χ3v) is 5.07. The number of rotatable bonds is 6. The molecule has 160 valence electrons. The minimum atomic E-state index is -0.754. The Hall–Kier alpha value is -2.64. The third kappa shape index (κ3) is 6.43. The Morgan fingerprint density at radius 3 is 2.33 bits per heavy atom. The number of pyridine rings is 1. The number of carbonyl (C=O) groups excluding carboxylic acids is 3. The van der Waals surface area contributed by atoms with Crippen LogP contribution in [0.3, 0.4) is 0 Å². The van der Waals surface area contributed by atoms with Crippen molar-refractivity contribution in [2.75, 3.05) is 18.5 Å². The van der Waals surface area contributed by atoms with Crippen molar-refractivity contribution < 1.29 is 19.1 Å². The average molecular weight is 452 g/mol.